The third-order valence-electron chi connectivity index (χ3n) is 2.96. The Morgan fingerprint density at radius 2 is 1.72 bits per heavy atom. The van der Waals surface area contributed by atoms with E-state index in [9.17, 15) is 15.3 Å². The van der Waals surface area contributed by atoms with Crippen LogP contribution in [0.5, 0.6) is 23.0 Å². The molecule has 1 aromatic heterocycles. The van der Waals surface area contributed by atoms with Gasteiger partial charge in [-0.25, -0.2) is 0 Å². The monoisotopic (exact) mass is 245 g/mol. The number of methoxy groups -OCH3 is 1. The van der Waals surface area contributed by atoms with Gasteiger partial charge >= 0.3 is 0 Å². The lowest BCUT2D eigenvalue weighted by molar-refractivity contribution is 0.378. The van der Waals surface area contributed by atoms with Crippen molar-refractivity contribution in [2.45, 2.75) is 0 Å². The van der Waals surface area contributed by atoms with Gasteiger partial charge in [-0.15, -0.1) is 0 Å². The van der Waals surface area contributed by atoms with Crippen molar-refractivity contribution in [1.29, 1.82) is 0 Å². The molecule has 92 valence electrons. The molecule has 0 radical (unpaired) electrons. The van der Waals surface area contributed by atoms with Crippen LogP contribution in [-0.2, 0) is 0 Å². The van der Waals surface area contributed by atoms with Crippen LogP contribution >= 0.6 is 0 Å². The van der Waals surface area contributed by atoms with Gasteiger partial charge in [-0.05, 0) is 12.1 Å². The molecule has 0 bridgehead atoms. The van der Waals surface area contributed by atoms with E-state index in [-0.39, 0.29) is 17.2 Å². The fraction of sp³-hybridized carbons (Fsp3) is 0.0769. The van der Waals surface area contributed by atoms with Crippen molar-refractivity contribution in [3.05, 3.63) is 24.3 Å². The van der Waals surface area contributed by atoms with Crippen LogP contribution in [0.25, 0.3) is 21.8 Å². The summed E-state index contributed by atoms with van der Waals surface area (Å²) in [5.74, 6) is 0.188. The minimum Gasteiger partial charge on any atom is -0.508 e. The van der Waals surface area contributed by atoms with E-state index in [2.05, 4.69) is 4.98 Å². The topological polar surface area (TPSA) is 85.7 Å². The SMILES string of the molecule is COc1c(O)ccc2[nH]c3cc(O)cc(O)c3c12. The Hall–Kier alpha value is -2.56. The quantitative estimate of drug-likeness (QED) is 0.530. The van der Waals surface area contributed by atoms with Crippen LogP contribution in [-0.4, -0.2) is 27.4 Å². The number of phenolic OH excluding ortho intramolecular Hbond substituents is 3. The van der Waals surface area contributed by atoms with Gasteiger partial charge in [-0.1, -0.05) is 0 Å². The van der Waals surface area contributed by atoms with Crippen molar-refractivity contribution < 1.29 is 20.1 Å². The van der Waals surface area contributed by atoms with Crippen molar-refractivity contribution in [3.8, 4) is 23.0 Å². The zero-order valence-electron chi connectivity index (χ0n) is 9.56. The molecule has 3 rings (SSSR count). The summed E-state index contributed by atoms with van der Waals surface area (Å²) in [5.41, 5.74) is 1.28. The number of benzene rings is 2. The highest BCUT2D eigenvalue weighted by molar-refractivity contribution is 6.14. The number of hydrogen-bond donors (Lipinski definition) is 4. The Bertz CT molecular complexity index is 761. The predicted octanol–water partition coefficient (Wildman–Crippen LogP) is 2.45. The Morgan fingerprint density at radius 3 is 2.44 bits per heavy atom. The van der Waals surface area contributed by atoms with E-state index < -0.39 is 0 Å². The molecule has 0 aliphatic rings. The van der Waals surface area contributed by atoms with E-state index in [0.29, 0.717) is 27.6 Å². The molecule has 0 saturated carbocycles. The number of rotatable bonds is 1. The molecule has 18 heavy (non-hydrogen) atoms. The molecular weight excluding hydrogens is 234 g/mol. The summed E-state index contributed by atoms with van der Waals surface area (Å²) >= 11 is 0. The van der Waals surface area contributed by atoms with E-state index in [4.69, 9.17) is 4.74 Å². The van der Waals surface area contributed by atoms with Crippen molar-refractivity contribution in [2.75, 3.05) is 7.11 Å². The molecule has 4 N–H and O–H groups in total. The Kier molecular flexibility index (Phi) is 2.04. The molecule has 0 atom stereocenters. The number of aromatic hydroxyl groups is 3. The first-order valence-corrected chi connectivity index (χ1v) is 5.35. The maximum absolute atomic E-state index is 9.93. The molecule has 0 aliphatic heterocycles. The first-order valence-electron chi connectivity index (χ1n) is 5.35. The van der Waals surface area contributed by atoms with Crippen LogP contribution < -0.4 is 4.74 Å². The minimum absolute atomic E-state index is 0.00150. The molecule has 3 aromatic rings. The summed E-state index contributed by atoms with van der Waals surface area (Å²) in [6.07, 6.45) is 0. The van der Waals surface area contributed by atoms with E-state index in [1.807, 2.05) is 0 Å². The van der Waals surface area contributed by atoms with Crippen molar-refractivity contribution >= 4 is 21.8 Å². The van der Waals surface area contributed by atoms with Crippen LogP contribution in [0.4, 0.5) is 0 Å². The zero-order chi connectivity index (χ0) is 12.9. The van der Waals surface area contributed by atoms with Crippen LogP contribution in [0.15, 0.2) is 24.3 Å². The lowest BCUT2D eigenvalue weighted by atomic mass is 10.1. The fourth-order valence-electron chi connectivity index (χ4n) is 2.25. The number of H-pyrrole nitrogens is 1. The molecule has 1 heterocycles. The van der Waals surface area contributed by atoms with Crippen LogP contribution in [0, 0.1) is 0 Å². The summed E-state index contributed by atoms with van der Waals surface area (Å²) in [6, 6.07) is 5.95. The average molecular weight is 245 g/mol. The second-order valence-corrected chi connectivity index (χ2v) is 4.05. The van der Waals surface area contributed by atoms with Gasteiger partial charge in [-0.2, -0.15) is 0 Å². The number of phenols is 3. The molecule has 0 fully saturated rings. The van der Waals surface area contributed by atoms with Gasteiger partial charge in [-0.3, -0.25) is 0 Å². The molecule has 5 nitrogen and oxygen atoms in total. The molecular formula is C13H11NO4. The van der Waals surface area contributed by atoms with Crippen LogP contribution in [0.2, 0.25) is 0 Å². The first-order chi connectivity index (χ1) is 8.61. The number of ether oxygens (including phenoxy) is 1. The van der Waals surface area contributed by atoms with Crippen LogP contribution in [0.3, 0.4) is 0 Å². The molecule has 2 aromatic carbocycles. The first kappa shape index (κ1) is 10.6. The van der Waals surface area contributed by atoms with Gasteiger partial charge < -0.3 is 25.0 Å². The summed E-state index contributed by atoms with van der Waals surface area (Å²) in [5, 5.41) is 30.2. The third-order valence-corrected chi connectivity index (χ3v) is 2.96. The number of hydrogen-bond acceptors (Lipinski definition) is 4. The smallest absolute Gasteiger partial charge is 0.170 e. The zero-order valence-corrected chi connectivity index (χ0v) is 9.56. The second-order valence-electron chi connectivity index (χ2n) is 4.05. The standard InChI is InChI=1S/C13H11NO4/c1-18-13-9(16)3-2-7-12(13)11-8(14-7)4-6(15)5-10(11)17/h2-5,14-17H,1H3. The summed E-state index contributed by atoms with van der Waals surface area (Å²) in [7, 11) is 1.45. The van der Waals surface area contributed by atoms with E-state index in [1.54, 1.807) is 6.07 Å². The van der Waals surface area contributed by atoms with Gasteiger partial charge in [0.05, 0.1) is 28.9 Å². The number of aromatic nitrogens is 1. The number of fused-ring (bicyclic) bond motifs is 3. The van der Waals surface area contributed by atoms with E-state index in [0.717, 1.165) is 0 Å². The molecule has 0 saturated heterocycles. The van der Waals surface area contributed by atoms with Gasteiger partial charge in [0.15, 0.2) is 11.5 Å². The number of aromatic amines is 1. The molecule has 0 spiro atoms. The van der Waals surface area contributed by atoms with Crippen molar-refractivity contribution in [3.63, 3.8) is 0 Å². The lowest BCUT2D eigenvalue weighted by Gasteiger charge is -2.05. The van der Waals surface area contributed by atoms with E-state index in [1.165, 1.54) is 25.3 Å². The Morgan fingerprint density at radius 1 is 0.944 bits per heavy atom. The highest BCUT2D eigenvalue weighted by Gasteiger charge is 2.16. The highest BCUT2D eigenvalue weighted by Crippen LogP contribution is 2.43. The summed E-state index contributed by atoms with van der Waals surface area (Å²) in [6.45, 7) is 0. The predicted molar refractivity (Wildman–Crippen MR) is 67.4 cm³/mol. The molecule has 5 heteroatoms. The van der Waals surface area contributed by atoms with Gasteiger partial charge in [0, 0.05) is 12.1 Å². The van der Waals surface area contributed by atoms with Gasteiger partial charge in [0.2, 0.25) is 0 Å². The van der Waals surface area contributed by atoms with Crippen LogP contribution in [0.1, 0.15) is 0 Å². The van der Waals surface area contributed by atoms with E-state index >= 15 is 0 Å². The maximum atomic E-state index is 9.93. The summed E-state index contributed by atoms with van der Waals surface area (Å²) in [4.78, 5) is 3.05. The Balaban J connectivity index is 2.59. The maximum Gasteiger partial charge on any atom is 0.170 e. The van der Waals surface area contributed by atoms with Crippen molar-refractivity contribution in [2.24, 2.45) is 0 Å². The fourth-order valence-corrected chi connectivity index (χ4v) is 2.25. The molecule has 0 unspecified atom stereocenters. The highest BCUT2D eigenvalue weighted by atomic mass is 16.5. The van der Waals surface area contributed by atoms with Crippen molar-refractivity contribution in [1.82, 2.24) is 4.98 Å². The largest absolute Gasteiger partial charge is 0.508 e. The lowest BCUT2D eigenvalue weighted by Crippen LogP contribution is -1.84. The molecule has 0 amide bonds. The second kappa shape index (κ2) is 3.46. The Labute approximate surface area is 102 Å². The van der Waals surface area contributed by atoms with Gasteiger partial charge in [0.1, 0.15) is 11.5 Å². The number of nitrogens with one attached hydrogen (secondary N) is 1. The summed E-state index contributed by atoms with van der Waals surface area (Å²) < 4.78 is 5.17. The van der Waals surface area contributed by atoms with Gasteiger partial charge in [0.25, 0.3) is 0 Å². The average Bonchev–Trinajstić information content (AvgIpc) is 2.67. The third kappa shape index (κ3) is 1.27. The minimum atomic E-state index is -0.0693. The molecule has 0 aliphatic carbocycles. The normalized spacial score (nSPS) is 11.2.